The van der Waals surface area contributed by atoms with Crippen LogP contribution in [0.3, 0.4) is 0 Å². The van der Waals surface area contributed by atoms with Gasteiger partial charge in [0.25, 0.3) is 0 Å². The highest BCUT2D eigenvalue weighted by Gasteiger charge is 2.20. The van der Waals surface area contributed by atoms with Crippen molar-refractivity contribution in [3.8, 4) is 11.5 Å². The van der Waals surface area contributed by atoms with Gasteiger partial charge in [0.05, 0.1) is 26.5 Å². The second-order valence-electron chi connectivity index (χ2n) is 6.24. The third-order valence-electron chi connectivity index (χ3n) is 4.75. The van der Waals surface area contributed by atoms with Crippen LogP contribution in [-0.2, 0) is 6.54 Å². The predicted octanol–water partition coefficient (Wildman–Crippen LogP) is 3.66. The fraction of sp³-hybridized carbons (Fsp3) is 0.476. The highest BCUT2D eigenvalue weighted by molar-refractivity contribution is 14.0. The van der Waals surface area contributed by atoms with Crippen molar-refractivity contribution < 1.29 is 13.9 Å². The van der Waals surface area contributed by atoms with Gasteiger partial charge in [0.2, 0.25) is 0 Å². The first kappa shape index (κ1) is 25.1. The van der Waals surface area contributed by atoms with Crippen molar-refractivity contribution in [2.45, 2.75) is 26.4 Å². The van der Waals surface area contributed by atoms with Gasteiger partial charge in [-0.25, -0.2) is 0 Å². The van der Waals surface area contributed by atoms with Crippen LogP contribution in [0, 0.1) is 0 Å². The number of nitrogens with one attached hydrogen (secondary N) is 2. The summed E-state index contributed by atoms with van der Waals surface area (Å²) in [5.74, 6) is 3.22. The SMILES string of the molecule is CCN(CC)C(CNC(=NC)NCc1ccc(OC)cc1OC)c1ccco1.I. The molecule has 0 aliphatic heterocycles. The molecule has 0 aliphatic rings. The van der Waals surface area contributed by atoms with E-state index in [9.17, 15) is 0 Å². The molecular weight excluding hydrogens is 483 g/mol. The maximum atomic E-state index is 5.66. The van der Waals surface area contributed by atoms with E-state index >= 15 is 0 Å². The summed E-state index contributed by atoms with van der Waals surface area (Å²) in [6.07, 6.45) is 1.72. The van der Waals surface area contributed by atoms with Gasteiger partial charge in [0, 0.05) is 31.8 Å². The van der Waals surface area contributed by atoms with E-state index in [1.165, 1.54) is 0 Å². The number of halogens is 1. The van der Waals surface area contributed by atoms with Gasteiger partial charge in [-0.2, -0.15) is 0 Å². The van der Waals surface area contributed by atoms with Crippen molar-refractivity contribution in [2.75, 3.05) is 40.9 Å². The number of furan rings is 1. The standard InChI is InChI=1S/C21H32N4O3.HI/c1-6-25(7-2)18(19-9-8-12-28-19)15-24-21(22-3)23-14-16-10-11-17(26-4)13-20(16)27-5;/h8-13,18H,6-7,14-15H2,1-5H3,(H2,22,23,24);1H. The summed E-state index contributed by atoms with van der Waals surface area (Å²) in [6.45, 7) is 7.47. The Balaban J connectivity index is 0.00000420. The van der Waals surface area contributed by atoms with E-state index in [0.717, 1.165) is 41.9 Å². The van der Waals surface area contributed by atoms with Gasteiger partial charge in [-0.1, -0.05) is 13.8 Å². The molecule has 8 heteroatoms. The summed E-state index contributed by atoms with van der Waals surface area (Å²) in [4.78, 5) is 6.69. The molecule has 0 spiro atoms. The van der Waals surface area contributed by atoms with E-state index in [1.54, 1.807) is 27.5 Å². The molecule has 0 saturated heterocycles. The first-order chi connectivity index (χ1) is 13.7. The Morgan fingerprint density at radius 3 is 2.45 bits per heavy atom. The molecule has 1 atom stereocenters. The smallest absolute Gasteiger partial charge is 0.191 e. The highest BCUT2D eigenvalue weighted by atomic mass is 127. The lowest BCUT2D eigenvalue weighted by Gasteiger charge is -2.28. The third-order valence-corrected chi connectivity index (χ3v) is 4.75. The quantitative estimate of drug-likeness (QED) is 0.286. The van der Waals surface area contributed by atoms with Crippen LogP contribution in [-0.4, -0.2) is 51.8 Å². The van der Waals surface area contributed by atoms with Crippen LogP contribution >= 0.6 is 24.0 Å². The molecule has 0 bridgehead atoms. The van der Waals surface area contributed by atoms with Crippen LogP contribution < -0.4 is 20.1 Å². The lowest BCUT2D eigenvalue weighted by molar-refractivity contribution is 0.193. The number of guanidine groups is 1. The molecule has 2 rings (SSSR count). The van der Waals surface area contributed by atoms with Crippen LogP contribution in [0.5, 0.6) is 11.5 Å². The van der Waals surface area contributed by atoms with Gasteiger partial charge in [0.1, 0.15) is 17.3 Å². The maximum Gasteiger partial charge on any atom is 0.191 e. The Morgan fingerprint density at radius 1 is 1.14 bits per heavy atom. The molecule has 0 amide bonds. The molecule has 0 aliphatic carbocycles. The Morgan fingerprint density at radius 2 is 1.90 bits per heavy atom. The molecular formula is C21H33IN4O3. The molecule has 2 N–H and O–H groups in total. The molecule has 162 valence electrons. The molecule has 0 saturated carbocycles. The topological polar surface area (TPSA) is 71.3 Å². The Kier molecular flexibility index (Phi) is 11.5. The average Bonchev–Trinajstić information content (AvgIpc) is 3.27. The van der Waals surface area contributed by atoms with Gasteiger partial charge >= 0.3 is 0 Å². The zero-order chi connectivity index (χ0) is 20.4. The molecule has 0 radical (unpaired) electrons. The summed E-state index contributed by atoms with van der Waals surface area (Å²) in [5, 5.41) is 6.75. The largest absolute Gasteiger partial charge is 0.497 e. The van der Waals surface area contributed by atoms with Gasteiger partial charge < -0.3 is 24.5 Å². The average molecular weight is 516 g/mol. The van der Waals surface area contributed by atoms with Crippen LogP contribution in [0.25, 0.3) is 0 Å². The van der Waals surface area contributed by atoms with Crippen LogP contribution in [0.2, 0.25) is 0 Å². The molecule has 1 unspecified atom stereocenters. The van der Waals surface area contributed by atoms with E-state index in [-0.39, 0.29) is 30.0 Å². The zero-order valence-corrected chi connectivity index (χ0v) is 20.2. The minimum atomic E-state index is 0. The first-order valence-corrected chi connectivity index (χ1v) is 9.59. The minimum Gasteiger partial charge on any atom is -0.497 e. The molecule has 0 fully saturated rings. The van der Waals surface area contributed by atoms with Crippen LogP contribution in [0.15, 0.2) is 46.0 Å². The van der Waals surface area contributed by atoms with Gasteiger partial charge in [-0.05, 0) is 37.4 Å². The molecule has 1 heterocycles. The zero-order valence-electron chi connectivity index (χ0n) is 17.9. The lowest BCUT2D eigenvalue weighted by Crippen LogP contribution is -2.43. The summed E-state index contributed by atoms with van der Waals surface area (Å²) in [5.41, 5.74) is 1.03. The number of hydrogen-bond acceptors (Lipinski definition) is 5. The predicted molar refractivity (Wildman–Crippen MR) is 128 cm³/mol. The fourth-order valence-corrected chi connectivity index (χ4v) is 3.15. The summed E-state index contributed by atoms with van der Waals surface area (Å²) >= 11 is 0. The van der Waals surface area contributed by atoms with Crippen LogP contribution in [0.4, 0.5) is 0 Å². The Hall–Kier alpha value is -1.94. The summed E-state index contributed by atoms with van der Waals surface area (Å²) in [7, 11) is 5.06. The molecule has 7 nitrogen and oxygen atoms in total. The third kappa shape index (κ3) is 7.11. The number of benzene rings is 1. The van der Waals surface area contributed by atoms with E-state index in [0.29, 0.717) is 13.1 Å². The number of nitrogens with zero attached hydrogens (tertiary/aromatic N) is 2. The van der Waals surface area contributed by atoms with E-state index in [2.05, 4.69) is 34.4 Å². The number of methoxy groups -OCH3 is 2. The molecule has 29 heavy (non-hydrogen) atoms. The van der Waals surface area contributed by atoms with Gasteiger partial charge in [0.15, 0.2) is 5.96 Å². The molecule has 2 aromatic rings. The second-order valence-corrected chi connectivity index (χ2v) is 6.24. The molecule has 1 aromatic heterocycles. The highest BCUT2D eigenvalue weighted by Crippen LogP contribution is 2.24. The Labute approximate surface area is 190 Å². The number of ether oxygens (including phenoxy) is 2. The van der Waals surface area contributed by atoms with Crippen molar-refractivity contribution in [1.29, 1.82) is 0 Å². The minimum absolute atomic E-state index is 0. The number of likely N-dealkylation sites (N-methyl/N-ethyl adjacent to an activating group) is 1. The van der Waals surface area contributed by atoms with Crippen molar-refractivity contribution in [1.82, 2.24) is 15.5 Å². The Bertz CT molecular complexity index is 734. The number of aliphatic imine (C=N–C) groups is 1. The monoisotopic (exact) mass is 516 g/mol. The van der Waals surface area contributed by atoms with E-state index in [1.807, 2.05) is 30.3 Å². The van der Waals surface area contributed by atoms with Crippen molar-refractivity contribution >= 4 is 29.9 Å². The normalized spacial score (nSPS) is 12.3. The van der Waals surface area contributed by atoms with Gasteiger partial charge in [-0.3, -0.25) is 9.89 Å². The maximum absolute atomic E-state index is 5.66. The van der Waals surface area contributed by atoms with E-state index < -0.39 is 0 Å². The number of hydrogen-bond donors (Lipinski definition) is 2. The van der Waals surface area contributed by atoms with Crippen molar-refractivity contribution in [2.24, 2.45) is 4.99 Å². The number of rotatable bonds is 10. The van der Waals surface area contributed by atoms with Crippen molar-refractivity contribution in [3.05, 3.63) is 47.9 Å². The lowest BCUT2D eigenvalue weighted by atomic mass is 10.2. The van der Waals surface area contributed by atoms with E-state index in [4.69, 9.17) is 13.9 Å². The summed E-state index contributed by atoms with van der Waals surface area (Å²) in [6, 6.07) is 9.86. The van der Waals surface area contributed by atoms with Gasteiger partial charge in [-0.15, -0.1) is 24.0 Å². The first-order valence-electron chi connectivity index (χ1n) is 9.59. The summed E-state index contributed by atoms with van der Waals surface area (Å²) < 4.78 is 16.4. The second kappa shape index (κ2) is 13.3. The van der Waals surface area contributed by atoms with Crippen molar-refractivity contribution in [3.63, 3.8) is 0 Å². The fourth-order valence-electron chi connectivity index (χ4n) is 3.15. The van der Waals surface area contributed by atoms with Crippen LogP contribution in [0.1, 0.15) is 31.2 Å². The molecule has 1 aromatic carbocycles.